The maximum absolute atomic E-state index is 4.28. The van der Waals surface area contributed by atoms with Crippen LogP contribution in [0.15, 0.2) is 22.8 Å². The molecule has 2 heteroatoms. The normalized spacial score (nSPS) is 9.80. The summed E-state index contributed by atoms with van der Waals surface area (Å²) in [6.07, 6.45) is 2.23. The van der Waals surface area contributed by atoms with Crippen LogP contribution >= 0.6 is 15.9 Å². The topological polar surface area (TPSA) is 12.9 Å². The number of rotatable bonds is 2. The van der Waals surface area contributed by atoms with Crippen molar-refractivity contribution < 1.29 is 0 Å². The summed E-state index contributed by atoms with van der Waals surface area (Å²) in [5.41, 5.74) is 1.16. The van der Waals surface area contributed by atoms with Crippen molar-refractivity contribution in [1.29, 1.82) is 0 Å². The van der Waals surface area contributed by atoms with Gasteiger partial charge in [-0.1, -0.05) is 19.4 Å². The molecule has 0 radical (unpaired) electrons. The molecule has 0 aliphatic carbocycles. The first kappa shape index (κ1) is 7.73. The van der Waals surface area contributed by atoms with Gasteiger partial charge in [-0.3, -0.25) is 0 Å². The second-order valence-corrected chi connectivity index (χ2v) is 3.01. The zero-order valence-electron chi connectivity index (χ0n) is 5.97. The Kier molecular flexibility index (Phi) is 2.87. The van der Waals surface area contributed by atoms with Crippen LogP contribution in [0.4, 0.5) is 0 Å². The third kappa shape index (κ3) is 2.10. The lowest BCUT2D eigenvalue weighted by Gasteiger charge is -1.95. The summed E-state index contributed by atoms with van der Waals surface area (Å²) in [6, 6.07) is 6.01. The van der Waals surface area contributed by atoms with Gasteiger partial charge in [-0.15, -0.1) is 0 Å². The molecule has 0 aliphatic rings. The predicted molar refractivity (Wildman–Crippen MR) is 45.9 cm³/mol. The van der Waals surface area contributed by atoms with Gasteiger partial charge in [0, 0.05) is 5.69 Å². The van der Waals surface area contributed by atoms with E-state index in [2.05, 4.69) is 27.8 Å². The highest BCUT2D eigenvalue weighted by molar-refractivity contribution is 9.10. The monoisotopic (exact) mass is 199 g/mol. The molecule has 1 aromatic rings. The number of nitrogens with zero attached hydrogens (tertiary/aromatic N) is 1. The largest absolute Gasteiger partial charge is 0.246 e. The summed E-state index contributed by atoms with van der Waals surface area (Å²) in [5.74, 6) is 0. The maximum Gasteiger partial charge on any atom is 0.106 e. The molecule has 0 spiro atoms. The summed E-state index contributed by atoms with van der Waals surface area (Å²) in [6.45, 7) is 2.16. The fourth-order valence-corrected chi connectivity index (χ4v) is 1.23. The summed E-state index contributed by atoms with van der Waals surface area (Å²) < 4.78 is 0.929. The Labute approximate surface area is 69.6 Å². The lowest BCUT2D eigenvalue weighted by Crippen LogP contribution is -1.87. The number of pyridine rings is 1. The zero-order valence-corrected chi connectivity index (χ0v) is 7.56. The zero-order chi connectivity index (χ0) is 7.40. The Bertz CT molecular complexity index is 210. The number of hydrogen-bond acceptors (Lipinski definition) is 1. The van der Waals surface area contributed by atoms with E-state index in [1.54, 1.807) is 0 Å². The van der Waals surface area contributed by atoms with Gasteiger partial charge in [-0.05, 0) is 34.5 Å². The van der Waals surface area contributed by atoms with E-state index >= 15 is 0 Å². The van der Waals surface area contributed by atoms with E-state index in [1.807, 2.05) is 18.2 Å². The molecule has 0 unspecified atom stereocenters. The van der Waals surface area contributed by atoms with Gasteiger partial charge in [0.05, 0.1) is 0 Å². The molecule has 0 aliphatic heterocycles. The smallest absolute Gasteiger partial charge is 0.106 e. The molecule has 0 atom stereocenters. The highest BCUT2D eigenvalue weighted by Crippen LogP contribution is 2.07. The van der Waals surface area contributed by atoms with Gasteiger partial charge < -0.3 is 0 Å². The molecule has 1 heterocycles. The van der Waals surface area contributed by atoms with Crippen molar-refractivity contribution in [2.75, 3.05) is 0 Å². The maximum atomic E-state index is 4.28. The van der Waals surface area contributed by atoms with Gasteiger partial charge in [0.25, 0.3) is 0 Å². The van der Waals surface area contributed by atoms with Crippen molar-refractivity contribution in [3.05, 3.63) is 28.5 Å². The van der Waals surface area contributed by atoms with E-state index in [4.69, 9.17) is 0 Å². The van der Waals surface area contributed by atoms with Crippen molar-refractivity contribution in [3.8, 4) is 0 Å². The Morgan fingerprint density at radius 3 is 2.90 bits per heavy atom. The van der Waals surface area contributed by atoms with Crippen LogP contribution in [0, 0.1) is 0 Å². The first-order valence-electron chi connectivity index (χ1n) is 3.44. The Balaban J connectivity index is 2.75. The van der Waals surface area contributed by atoms with Crippen molar-refractivity contribution in [2.24, 2.45) is 0 Å². The number of halogens is 1. The molecular weight excluding hydrogens is 190 g/mol. The third-order valence-corrected chi connectivity index (χ3v) is 1.72. The van der Waals surface area contributed by atoms with Crippen LogP contribution in [-0.4, -0.2) is 4.98 Å². The molecule has 0 saturated carbocycles. The molecule has 10 heavy (non-hydrogen) atoms. The van der Waals surface area contributed by atoms with E-state index < -0.39 is 0 Å². The van der Waals surface area contributed by atoms with Crippen LogP contribution in [0.3, 0.4) is 0 Å². The van der Waals surface area contributed by atoms with Crippen molar-refractivity contribution >= 4 is 15.9 Å². The fraction of sp³-hybridized carbons (Fsp3) is 0.375. The number of aromatic nitrogens is 1. The highest BCUT2D eigenvalue weighted by atomic mass is 79.9. The number of hydrogen-bond donors (Lipinski definition) is 0. The minimum Gasteiger partial charge on any atom is -0.246 e. The molecule has 1 rings (SSSR count). The van der Waals surface area contributed by atoms with Crippen LogP contribution in [0.25, 0.3) is 0 Å². The van der Waals surface area contributed by atoms with Crippen LogP contribution in [0.5, 0.6) is 0 Å². The summed E-state index contributed by atoms with van der Waals surface area (Å²) in [7, 11) is 0. The van der Waals surface area contributed by atoms with E-state index in [0.717, 1.165) is 23.1 Å². The van der Waals surface area contributed by atoms with E-state index in [0.29, 0.717) is 0 Å². The van der Waals surface area contributed by atoms with Gasteiger partial charge in [-0.25, -0.2) is 4.98 Å². The first-order valence-corrected chi connectivity index (χ1v) is 4.23. The standard InChI is InChI=1S/C8H10BrN/c1-2-4-7-5-3-6-8(9)10-7/h3,5-6H,2,4H2,1H3. The van der Waals surface area contributed by atoms with Gasteiger partial charge >= 0.3 is 0 Å². The molecule has 0 fully saturated rings. The molecule has 0 bridgehead atoms. The summed E-state index contributed by atoms with van der Waals surface area (Å²) in [4.78, 5) is 4.28. The average molecular weight is 200 g/mol. The van der Waals surface area contributed by atoms with Gasteiger partial charge in [0.15, 0.2) is 0 Å². The molecule has 0 amide bonds. The van der Waals surface area contributed by atoms with Crippen LogP contribution < -0.4 is 0 Å². The molecule has 0 aromatic carbocycles. The third-order valence-electron chi connectivity index (χ3n) is 1.28. The second kappa shape index (κ2) is 3.71. The first-order chi connectivity index (χ1) is 4.83. The molecular formula is C8H10BrN. The minimum absolute atomic E-state index is 0.929. The summed E-state index contributed by atoms with van der Waals surface area (Å²) >= 11 is 3.32. The summed E-state index contributed by atoms with van der Waals surface area (Å²) in [5, 5.41) is 0. The quantitative estimate of drug-likeness (QED) is 0.669. The van der Waals surface area contributed by atoms with E-state index in [-0.39, 0.29) is 0 Å². The van der Waals surface area contributed by atoms with Gasteiger partial charge in [0.2, 0.25) is 0 Å². The van der Waals surface area contributed by atoms with E-state index in [9.17, 15) is 0 Å². The van der Waals surface area contributed by atoms with Crippen molar-refractivity contribution in [2.45, 2.75) is 19.8 Å². The van der Waals surface area contributed by atoms with Crippen LogP contribution in [0.2, 0.25) is 0 Å². The molecule has 0 saturated heterocycles. The van der Waals surface area contributed by atoms with Gasteiger partial charge in [0.1, 0.15) is 4.60 Å². The molecule has 1 nitrogen and oxygen atoms in total. The lowest BCUT2D eigenvalue weighted by atomic mass is 10.2. The Morgan fingerprint density at radius 1 is 1.50 bits per heavy atom. The SMILES string of the molecule is CCCc1cccc(Br)n1. The van der Waals surface area contributed by atoms with Crippen molar-refractivity contribution in [1.82, 2.24) is 4.98 Å². The minimum atomic E-state index is 0.929. The Morgan fingerprint density at radius 2 is 2.30 bits per heavy atom. The fourth-order valence-electron chi connectivity index (χ4n) is 0.846. The second-order valence-electron chi connectivity index (χ2n) is 2.20. The highest BCUT2D eigenvalue weighted by Gasteiger charge is 1.91. The number of aryl methyl sites for hydroxylation is 1. The van der Waals surface area contributed by atoms with Crippen molar-refractivity contribution in [3.63, 3.8) is 0 Å². The van der Waals surface area contributed by atoms with E-state index in [1.165, 1.54) is 0 Å². The van der Waals surface area contributed by atoms with Crippen LogP contribution in [0.1, 0.15) is 19.0 Å². The lowest BCUT2D eigenvalue weighted by molar-refractivity contribution is 0.878. The van der Waals surface area contributed by atoms with Gasteiger partial charge in [-0.2, -0.15) is 0 Å². The predicted octanol–water partition coefficient (Wildman–Crippen LogP) is 2.80. The average Bonchev–Trinajstić information content (AvgIpc) is 1.88. The molecule has 54 valence electrons. The Hall–Kier alpha value is -0.370. The van der Waals surface area contributed by atoms with Crippen LogP contribution in [-0.2, 0) is 6.42 Å². The molecule has 1 aromatic heterocycles. The molecule has 0 N–H and O–H groups in total.